The number of phenols is 4. The van der Waals surface area contributed by atoms with Crippen molar-refractivity contribution < 1.29 is 20.4 Å². The fraction of sp³-hybridized carbons (Fsp3) is 0.529. The second-order valence-electron chi connectivity index (χ2n) is 21.0. The molecule has 55 heavy (non-hydrogen) atoms. The summed E-state index contributed by atoms with van der Waals surface area (Å²) < 4.78 is 0. The maximum Gasteiger partial charge on any atom is 0.119 e. The quantitative estimate of drug-likeness (QED) is 0.164. The van der Waals surface area contributed by atoms with Gasteiger partial charge in [0, 0.05) is 10.8 Å². The number of benzene rings is 4. The molecule has 0 aromatic heterocycles. The zero-order valence-corrected chi connectivity index (χ0v) is 38.1. The lowest BCUT2D eigenvalue weighted by Crippen LogP contribution is -2.27. The van der Waals surface area contributed by atoms with Crippen LogP contribution in [0, 0.1) is 27.7 Å². The Morgan fingerprint density at radius 3 is 0.727 bits per heavy atom. The molecule has 4 N–H and O–H groups in total. The smallest absolute Gasteiger partial charge is 0.119 e. The van der Waals surface area contributed by atoms with Crippen molar-refractivity contribution in [3.63, 3.8) is 0 Å². The Bertz CT molecular complexity index is 1890. The number of hydrogen-bond donors (Lipinski definition) is 4. The molecule has 0 aliphatic rings. The van der Waals surface area contributed by atoms with Gasteiger partial charge in [0.05, 0.1) is 0 Å². The molecule has 0 amide bonds. The van der Waals surface area contributed by atoms with E-state index in [1.807, 2.05) is 24.3 Å². The minimum Gasteiger partial charge on any atom is -0.508 e. The van der Waals surface area contributed by atoms with E-state index >= 15 is 0 Å². The van der Waals surface area contributed by atoms with Crippen molar-refractivity contribution in [1.29, 1.82) is 0 Å². The summed E-state index contributed by atoms with van der Waals surface area (Å²) in [5.74, 6) is 1.45. The van der Waals surface area contributed by atoms with E-state index in [4.69, 9.17) is 0 Å². The molecule has 0 saturated carbocycles. The van der Waals surface area contributed by atoms with Crippen molar-refractivity contribution in [2.45, 2.75) is 177 Å². The van der Waals surface area contributed by atoms with Crippen LogP contribution in [0.25, 0.3) is 0 Å². The number of aryl methyl sites for hydroxylation is 4. The van der Waals surface area contributed by atoms with E-state index in [0.29, 0.717) is 23.0 Å². The van der Waals surface area contributed by atoms with E-state index in [2.05, 4.69) is 163 Å². The highest BCUT2D eigenvalue weighted by Crippen LogP contribution is 2.46. The minimum absolute atomic E-state index is 0.136. The monoisotopic (exact) mass is 751 g/mol. The lowest BCUT2D eigenvalue weighted by molar-refractivity contribution is 0.440. The Labute approximate surface area is 335 Å². The predicted octanol–water partition coefficient (Wildman–Crippen LogP) is 13.7. The molecule has 4 heteroatoms. The first-order valence-corrected chi connectivity index (χ1v) is 20.1. The van der Waals surface area contributed by atoms with Crippen LogP contribution in [0.3, 0.4) is 0 Å². The topological polar surface area (TPSA) is 80.9 Å². The van der Waals surface area contributed by atoms with Crippen molar-refractivity contribution in [2.24, 2.45) is 0 Å². The Morgan fingerprint density at radius 2 is 0.527 bits per heavy atom. The first-order valence-electron chi connectivity index (χ1n) is 20.1. The third-order valence-corrected chi connectivity index (χ3v) is 11.8. The van der Waals surface area contributed by atoms with Crippen LogP contribution in [0.1, 0.15) is 184 Å². The molecular formula is C51H74O4. The molecule has 4 aromatic carbocycles. The van der Waals surface area contributed by atoms with Crippen molar-refractivity contribution in [3.05, 3.63) is 115 Å². The largest absolute Gasteiger partial charge is 0.508 e. The normalized spacial score (nSPS) is 13.1. The Hall–Kier alpha value is -3.92. The highest BCUT2D eigenvalue weighted by atomic mass is 16.3. The lowest BCUT2D eigenvalue weighted by Gasteiger charge is -2.36. The van der Waals surface area contributed by atoms with Crippen LogP contribution in [0.15, 0.2) is 48.5 Å². The highest BCUT2D eigenvalue weighted by molar-refractivity contribution is 5.57. The molecule has 4 aromatic rings. The molecule has 0 fully saturated rings. The third-order valence-electron chi connectivity index (χ3n) is 11.8. The fourth-order valence-corrected chi connectivity index (χ4v) is 8.38. The van der Waals surface area contributed by atoms with Gasteiger partial charge < -0.3 is 20.4 Å². The average Bonchev–Trinajstić information content (AvgIpc) is 2.98. The molecule has 0 saturated heterocycles. The number of hydrogen-bond acceptors (Lipinski definition) is 4. The van der Waals surface area contributed by atoms with Gasteiger partial charge >= 0.3 is 0 Å². The molecule has 0 spiro atoms. The van der Waals surface area contributed by atoms with Crippen molar-refractivity contribution in [3.8, 4) is 23.0 Å². The summed E-state index contributed by atoms with van der Waals surface area (Å²) in [6.07, 6.45) is 0.928. The van der Waals surface area contributed by atoms with Gasteiger partial charge in [-0.15, -0.1) is 0 Å². The summed E-state index contributed by atoms with van der Waals surface area (Å²) in [4.78, 5) is 0. The van der Waals surface area contributed by atoms with Crippen LogP contribution < -0.4 is 0 Å². The predicted molar refractivity (Wildman–Crippen MR) is 235 cm³/mol. The second-order valence-corrected chi connectivity index (χ2v) is 21.0. The van der Waals surface area contributed by atoms with E-state index in [1.165, 1.54) is 22.3 Å². The molecule has 0 unspecified atom stereocenters. The summed E-state index contributed by atoms with van der Waals surface area (Å²) in [6, 6.07) is 16.3. The molecule has 0 aliphatic heterocycles. The van der Waals surface area contributed by atoms with Gasteiger partial charge in [0.15, 0.2) is 0 Å². The Balaban J connectivity index is 0.000000296. The number of rotatable bonds is 5. The summed E-state index contributed by atoms with van der Waals surface area (Å²) >= 11 is 0. The third kappa shape index (κ3) is 9.38. The van der Waals surface area contributed by atoms with Gasteiger partial charge in [0.25, 0.3) is 0 Å². The summed E-state index contributed by atoms with van der Waals surface area (Å²) in [5.41, 5.74) is 12.1. The van der Waals surface area contributed by atoms with Gasteiger partial charge in [0.1, 0.15) is 23.0 Å². The van der Waals surface area contributed by atoms with E-state index in [9.17, 15) is 20.4 Å². The molecule has 0 atom stereocenters. The highest BCUT2D eigenvalue weighted by Gasteiger charge is 2.35. The average molecular weight is 751 g/mol. The molecule has 0 aliphatic carbocycles. The molecule has 4 nitrogen and oxygen atoms in total. The molecule has 0 radical (unpaired) electrons. The van der Waals surface area contributed by atoms with E-state index in [0.717, 1.165) is 50.9 Å². The standard InChI is InChI=1S/C26H38O2.C25H36O2/c1-11-26(10,18-14-20(24(4,5)6)22(27)12-16(18)2)19-15-21(25(7,8)9)23(28)13-17(19)3;1-15-11-21(26)19(23(3,4)5)13-17(15)25(9,10)18-14-20(24(6,7)8)22(27)12-16(18)2/h12-15,27-28H,11H2,1-10H3;11-14,26-27H,1-10H3. The van der Waals surface area contributed by atoms with Crippen LogP contribution in [-0.2, 0) is 32.5 Å². The van der Waals surface area contributed by atoms with Gasteiger partial charge in [-0.05, 0) is 147 Å². The summed E-state index contributed by atoms with van der Waals surface area (Å²) in [7, 11) is 0. The van der Waals surface area contributed by atoms with E-state index in [1.54, 1.807) is 0 Å². The zero-order chi connectivity index (χ0) is 42.6. The first-order chi connectivity index (χ1) is 24.7. The maximum absolute atomic E-state index is 10.6. The molecule has 0 bridgehead atoms. The maximum atomic E-state index is 10.6. The van der Waals surface area contributed by atoms with Crippen LogP contribution in [0.5, 0.6) is 23.0 Å². The summed E-state index contributed by atoms with van der Waals surface area (Å²) in [6.45, 7) is 42.8. The van der Waals surface area contributed by atoms with Crippen LogP contribution in [0.4, 0.5) is 0 Å². The zero-order valence-electron chi connectivity index (χ0n) is 38.1. The Morgan fingerprint density at radius 1 is 0.327 bits per heavy atom. The van der Waals surface area contributed by atoms with Gasteiger partial charge in [-0.3, -0.25) is 0 Å². The van der Waals surface area contributed by atoms with Crippen molar-refractivity contribution >= 4 is 0 Å². The van der Waals surface area contributed by atoms with Gasteiger partial charge in [0.2, 0.25) is 0 Å². The first kappa shape index (κ1) is 45.5. The van der Waals surface area contributed by atoms with Crippen LogP contribution in [-0.4, -0.2) is 20.4 Å². The lowest BCUT2D eigenvalue weighted by atomic mass is 9.68. The minimum atomic E-state index is -0.254. The second kappa shape index (κ2) is 15.2. The SMILES string of the molecule is CCC(C)(c1cc(C(C)(C)C)c(O)cc1C)c1cc(C(C)(C)C)c(O)cc1C.Cc1cc(O)c(C(C)(C)C)cc1C(C)(C)c1cc(C(C)(C)C)c(O)cc1C. The fourth-order valence-electron chi connectivity index (χ4n) is 8.38. The van der Waals surface area contributed by atoms with Crippen molar-refractivity contribution in [2.75, 3.05) is 0 Å². The molecule has 302 valence electrons. The van der Waals surface area contributed by atoms with Gasteiger partial charge in [-0.2, -0.15) is 0 Å². The number of phenolic OH excluding ortho intramolecular Hbond substituents is 4. The molecule has 4 rings (SSSR count). The van der Waals surface area contributed by atoms with E-state index in [-0.39, 0.29) is 32.5 Å². The van der Waals surface area contributed by atoms with Gasteiger partial charge in [-0.25, -0.2) is 0 Å². The Kier molecular flexibility index (Phi) is 12.6. The van der Waals surface area contributed by atoms with Crippen LogP contribution in [0.2, 0.25) is 0 Å². The van der Waals surface area contributed by atoms with Crippen molar-refractivity contribution in [1.82, 2.24) is 0 Å². The molecule has 0 heterocycles. The van der Waals surface area contributed by atoms with E-state index < -0.39 is 0 Å². The number of aromatic hydroxyl groups is 4. The van der Waals surface area contributed by atoms with Gasteiger partial charge in [-0.1, -0.05) is 135 Å². The summed E-state index contributed by atoms with van der Waals surface area (Å²) in [5, 5.41) is 42.1. The molecular weight excluding hydrogens is 677 g/mol. The van der Waals surface area contributed by atoms with Crippen LogP contribution >= 0.6 is 0 Å².